The first kappa shape index (κ1) is 20.6. The van der Waals surface area contributed by atoms with Crippen LogP contribution in [0.25, 0.3) is 6.08 Å². The molecule has 1 amide bonds. The summed E-state index contributed by atoms with van der Waals surface area (Å²) in [5.74, 6) is -1.68. The van der Waals surface area contributed by atoms with Gasteiger partial charge >= 0.3 is 5.97 Å². The molecule has 0 N–H and O–H groups in total. The molecule has 1 fully saturated rings. The monoisotopic (exact) mass is 395 g/mol. The predicted octanol–water partition coefficient (Wildman–Crippen LogP) is 3.74. The van der Waals surface area contributed by atoms with E-state index in [-0.39, 0.29) is 24.9 Å². The molecule has 6 heteroatoms. The second-order valence-electron chi connectivity index (χ2n) is 7.15. The van der Waals surface area contributed by atoms with Gasteiger partial charge in [0.2, 0.25) is 0 Å². The summed E-state index contributed by atoms with van der Waals surface area (Å²) in [7, 11) is 0. The van der Waals surface area contributed by atoms with Gasteiger partial charge in [0, 0.05) is 13.1 Å². The van der Waals surface area contributed by atoms with Gasteiger partial charge in [-0.1, -0.05) is 42.5 Å². The number of amides is 1. The second-order valence-corrected chi connectivity index (χ2v) is 7.15. The van der Waals surface area contributed by atoms with Crippen LogP contribution >= 0.6 is 0 Å². The number of allylic oxidation sites excluding steroid dienone is 1. The van der Waals surface area contributed by atoms with Gasteiger partial charge in [-0.2, -0.15) is 0 Å². The molecule has 1 saturated heterocycles. The molecular formula is C23H25NO5. The van der Waals surface area contributed by atoms with E-state index >= 15 is 0 Å². The summed E-state index contributed by atoms with van der Waals surface area (Å²) in [6.45, 7) is 2.60. The Kier molecular flexibility index (Phi) is 6.65. The molecule has 0 spiro atoms. The summed E-state index contributed by atoms with van der Waals surface area (Å²) in [5, 5.41) is 0. The number of carbonyl (C=O) groups excluding carboxylic acids is 3. The normalized spacial score (nSPS) is 19.3. The first-order valence-corrected chi connectivity index (χ1v) is 9.82. The number of carbonyl (C=O) groups is 3. The van der Waals surface area contributed by atoms with Crippen LogP contribution in [-0.2, 0) is 14.3 Å². The highest BCUT2D eigenvalue weighted by molar-refractivity contribution is 6.41. The number of piperidine rings is 1. The van der Waals surface area contributed by atoms with Crippen LogP contribution in [0.15, 0.2) is 59.2 Å². The molecule has 0 radical (unpaired) electrons. The van der Waals surface area contributed by atoms with Crippen LogP contribution in [0.1, 0.15) is 42.3 Å². The Bertz CT molecular complexity index is 872. The van der Waals surface area contributed by atoms with Crippen molar-refractivity contribution in [3.8, 4) is 0 Å². The summed E-state index contributed by atoms with van der Waals surface area (Å²) in [5.41, 5.74) is 0.168. The average Bonchev–Trinajstić information content (AvgIpc) is 3.29. The van der Waals surface area contributed by atoms with Crippen molar-refractivity contribution in [1.29, 1.82) is 0 Å². The first-order valence-electron chi connectivity index (χ1n) is 9.82. The Balaban J connectivity index is 1.78. The molecule has 152 valence electrons. The number of benzene rings is 1. The molecule has 3 rings (SSSR count). The molecule has 6 nitrogen and oxygen atoms in total. The van der Waals surface area contributed by atoms with E-state index in [9.17, 15) is 14.4 Å². The molecule has 29 heavy (non-hydrogen) atoms. The Morgan fingerprint density at radius 2 is 1.97 bits per heavy atom. The van der Waals surface area contributed by atoms with Crippen molar-refractivity contribution in [2.24, 2.45) is 5.41 Å². The minimum atomic E-state index is -0.862. The number of hydrogen-bond acceptors (Lipinski definition) is 5. The highest BCUT2D eigenvalue weighted by Crippen LogP contribution is 2.36. The summed E-state index contributed by atoms with van der Waals surface area (Å²) in [6, 6.07) is 12.8. The molecule has 1 aromatic heterocycles. The Morgan fingerprint density at radius 3 is 2.66 bits per heavy atom. The maximum absolute atomic E-state index is 12.8. The number of ketones is 1. The van der Waals surface area contributed by atoms with Crippen LogP contribution in [0.5, 0.6) is 0 Å². The fourth-order valence-corrected chi connectivity index (χ4v) is 3.65. The summed E-state index contributed by atoms with van der Waals surface area (Å²) >= 11 is 0. The third-order valence-electron chi connectivity index (χ3n) is 5.13. The molecule has 0 bridgehead atoms. The number of nitrogens with zero attached hydrogens (tertiary/aromatic N) is 1. The zero-order chi connectivity index (χ0) is 20.7. The van der Waals surface area contributed by atoms with Crippen molar-refractivity contribution in [2.75, 3.05) is 19.7 Å². The van der Waals surface area contributed by atoms with E-state index in [0.717, 1.165) is 5.56 Å². The molecule has 0 aliphatic carbocycles. The van der Waals surface area contributed by atoms with Crippen molar-refractivity contribution in [3.05, 3.63) is 66.1 Å². The fraction of sp³-hybridized carbons (Fsp3) is 0.348. The molecule has 2 aromatic rings. The SMILES string of the molecule is CCOC(=O)C1(CC=Cc2ccccc2)CCCN(C(=O)C(=O)c2ccco2)C1. The van der Waals surface area contributed by atoms with E-state index in [1.54, 1.807) is 13.0 Å². The van der Waals surface area contributed by atoms with Crippen LogP contribution in [-0.4, -0.2) is 42.3 Å². The van der Waals surface area contributed by atoms with Crippen LogP contribution in [0.4, 0.5) is 0 Å². The molecular weight excluding hydrogens is 370 g/mol. The third-order valence-corrected chi connectivity index (χ3v) is 5.13. The summed E-state index contributed by atoms with van der Waals surface area (Å²) in [6.07, 6.45) is 6.90. The van der Waals surface area contributed by atoms with Gasteiger partial charge in [-0.05, 0) is 43.9 Å². The van der Waals surface area contributed by atoms with Gasteiger partial charge in [-0.15, -0.1) is 0 Å². The fourth-order valence-electron chi connectivity index (χ4n) is 3.65. The lowest BCUT2D eigenvalue weighted by Gasteiger charge is -2.40. The zero-order valence-corrected chi connectivity index (χ0v) is 16.5. The van der Waals surface area contributed by atoms with Crippen molar-refractivity contribution in [2.45, 2.75) is 26.2 Å². The van der Waals surface area contributed by atoms with E-state index in [2.05, 4.69) is 0 Å². The van der Waals surface area contributed by atoms with E-state index in [4.69, 9.17) is 9.15 Å². The van der Waals surface area contributed by atoms with Crippen molar-refractivity contribution < 1.29 is 23.5 Å². The van der Waals surface area contributed by atoms with E-state index in [1.165, 1.54) is 17.2 Å². The lowest BCUT2D eigenvalue weighted by molar-refractivity contribution is -0.160. The van der Waals surface area contributed by atoms with Gasteiger partial charge in [-0.3, -0.25) is 14.4 Å². The van der Waals surface area contributed by atoms with Gasteiger partial charge in [0.1, 0.15) is 0 Å². The van der Waals surface area contributed by atoms with E-state index < -0.39 is 17.1 Å². The number of likely N-dealkylation sites (tertiary alicyclic amines) is 1. The van der Waals surface area contributed by atoms with Crippen molar-refractivity contribution >= 4 is 23.7 Å². The maximum atomic E-state index is 12.8. The molecule has 1 aromatic carbocycles. The lowest BCUT2D eigenvalue weighted by atomic mass is 9.76. The number of Topliss-reactive ketones (excluding diaryl/α,β-unsaturated/α-hetero) is 1. The highest BCUT2D eigenvalue weighted by Gasteiger charge is 2.45. The summed E-state index contributed by atoms with van der Waals surface area (Å²) in [4.78, 5) is 39.4. The Hall–Kier alpha value is -3.15. The van der Waals surface area contributed by atoms with E-state index in [0.29, 0.717) is 25.8 Å². The molecule has 1 aliphatic rings. The van der Waals surface area contributed by atoms with Gasteiger partial charge in [0.15, 0.2) is 5.76 Å². The largest absolute Gasteiger partial charge is 0.466 e. The summed E-state index contributed by atoms with van der Waals surface area (Å²) < 4.78 is 10.4. The van der Waals surface area contributed by atoms with E-state index in [1.807, 2.05) is 42.5 Å². The van der Waals surface area contributed by atoms with Crippen LogP contribution in [0, 0.1) is 5.41 Å². The number of ether oxygens (including phenoxy) is 1. The predicted molar refractivity (Wildman–Crippen MR) is 108 cm³/mol. The molecule has 1 aliphatic heterocycles. The minimum Gasteiger partial charge on any atom is -0.466 e. The Morgan fingerprint density at radius 1 is 1.17 bits per heavy atom. The lowest BCUT2D eigenvalue weighted by Crippen LogP contribution is -2.52. The van der Waals surface area contributed by atoms with Gasteiger partial charge < -0.3 is 14.1 Å². The van der Waals surface area contributed by atoms with Crippen LogP contribution in [0.2, 0.25) is 0 Å². The maximum Gasteiger partial charge on any atom is 0.314 e. The number of esters is 1. The van der Waals surface area contributed by atoms with Crippen molar-refractivity contribution in [3.63, 3.8) is 0 Å². The second kappa shape index (κ2) is 9.37. The topological polar surface area (TPSA) is 76.8 Å². The average molecular weight is 395 g/mol. The van der Waals surface area contributed by atoms with Gasteiger partial charge in [-0.25, -0.2) is 0 Å². The van der Waals surface area contributed by atoms with Gasteiger partial charge in [0.05, 0.1) is 18.3 Å². The van der Waals surface area contributed by atoms with Crippen LogP contribution < -0.4 is 0 Å². The molecule has 1 atom stereocenters. The Labute approximate surface area is 170 Å². The smallest absolute Gasteiger partial charge is 0.314 e. The number of hydrogen-bond donors (Lipinski definition) is 0. The van der Waals surface area contributed by atoms with Crippen LogP contribution in [0.3, 0.4) is 0 Å². The first-order chi connectivity index (χ1) is 14.1. The standard InChI is InChI=1S/C23H25NO5/c1-2-28-22(27)23(13-6-11-18-9-4-3-5-10-18)14-8-15-24(17-23)21(26)20(25)19-12-7-16-29-19/h3-7,9-12,16H,2,8,13-15,17H2,1H3. The number of furan rings is 1. The molecule has 1 unspecified atom stereocenters. The quantitative estimate of drug-likeness (QED) is 0.405. The highest BCUT2D eigenvalue weighted by atomic mass is 16.5. The molecule has 2 heterocycles. The van der Waals surface area contributed by atoms with Crippen molar-refractivity contribution in [1.82, 2.24) is 4.90 Å². The molecule has 0 saturated carbocycles. The minimum absolute atomic E-state index is 0.00582. The number of rotatable bonds is 7. The third kappa shape index (κ3) is 4.83. The zero-order valence-electron chi connectivity index (χ0n) is 16.5. The van der Waals surface area contributed by atoms with Gasteiger partial charge in [0.25, 0.3) is 11.7 Å².